The fourth-order valence-corrected chi connectivity index (χ4v) is 2.92. The van der Waals surface area contributed by atoms with Crippen LogP contribution in [0.4, 0.5) is 0 Å². The normalized spacial score (nSPS) is 14.5. The molecule has 1 unspecified atom stereocenters. The number of rotatable bonds is 8. The van der Waals surface area contributed by atoms with Crippen molar-refractivity contribution in [2.75, 3.05) is 18.6 Å². The summed E-state index contributed by atoms with van der Waals surface area (Å²) in [6.45, 7) is 6.36. The molecule has 2 N–H and O–H groups in total. The molecule has 0 aromatic heterocycles. The van der Waals surface area contributed by atoms with Crippen LogP contribution in [0.3, 0.4) is 0 Å². The predicted octanol–water partition coefficient (Wildman–Crippen LogP) is 2.97. The number of aliphatic hydroxyl groups is 1. The molecule has 0 saturated heterocycles. The molecule has 1 atom stereocenters. The Hall–Kier alpha value is -1.00. The quantitative estimate of drug-likeness (QED) is 0.776. The molecule has 0 aliphatic carbocycles. The van der Waals surface area contributed by atoms with E-state index in [4.69, 9.17) is 0 Å². The molecule has 0 spiro atoms. The highest BCUT2D eigenvalue weighted by Gasteiger charge is 2.23. The van der Waals surface area contributed by atoms with Gasteiger partial charge in [0.1, 0.15) is 0 Å². The average Bonchev–Trinajstić information content (AvgIpc) is 2.44. The summed E-state index contributed by atoms with van der Waals surface area (Å²) in [5, 5.41) is 12.9. The average molecular weight is 309 g/mol. The monoisotopic (exact) mass is 309 g/mol. The molecule has 1 aromatic carbocycles. The second kappa shape index (κ2) is 7.85. The number of amides is 1. The van der Waals surface area contributed by atoms with Crippen molar-refractivity contribution < 1.29 is 9.90 Å². The Morgan fingerprint density at radius 2 is 1.86 bits per heavy atom. The highest BCUT2D eigenvalue weighted by atomic mass is 32.2. The lowest BCUT2D eigenvalue weighted by Crippen LogP contribution is -2.42. The molecular formula is C17H27NO2S. The molecule has 0 fully saturated rings. The first-order chi connectivity index (χ1) is 9.77. The van der Waals surface area contributed by atoms with Crippen LogP contribution in [0.1, 0.15) is 39.2 Å². The minimum atomic E-state index is -0.843. The topological polar surface area (TPSA) is 49.3 Å². The maximum Gasteiger partial charge on any atom is 0.220 e. The van der Waals surface area contributed by atoms with E-state index in [1.807, 2.05) is 24.5 Å². The fourth-order valence-electron chi connectivity index (χ4n) is 2.20. The van der Waals surface area contributed by atoms with Crippen molar-refractivity contribution in [2.45, 2.75) is 44.6 Å². The molecule has 118 valence electrons. The van der Waals surface area contributed by atoms with Crippen molar-refractivity contribution in [2.24, 2.45) is 0 Å². The summed E-state index contributed by atoms with van der Waals surface area (Å²) < 4.78 is 0. The Kier molecular flexibility index (Phi) is 6.75. The highest BCUT2D eigenvalue weighted by Crippen LogP contribution is 2.27. The first-order valence-electron chi connectivity index (χ1n) is 7.30. The maximum absolute atomic E-state index is 11.9. The molecule has 0 radical (unpaired) electrons. The first-order valence-corrected chi connectivity index (χ1v) is 8.70. The fraction of sp³-hybridized carbons (Fsp3) is 0.588. The van der Waals surface area contributed by atoms with Crippen molar-refractivity contribution >= 4 is 17.7 Å². The van der Waals surface area contributed by atoms with Gasteiger partial charge >= 0.3 is 0 Å². The molecule has 0 aliphatic rings. The molecular weight excluding hydrogens is 282 g/mol. The molecule has 1 amide bonds. The van der Waals surface area contributed by atoms with Crippen molar-refractivity contribution in [1.82, 2.24) is 5.32 Å². The molecule has 0 aliphatic heterocycles. The summed E-state index contributed by atoms with van der Waals surface area (Å²) >= 11 is 1.57. The smallest absolute Gasteiger partial charge is 0.220 e. The number of carbonyl (C=O) groups is 1. The van der Waals surface area contributed by atoms with Gasteiger partial charge in [0.2, 0.25) is 5.91 Å². The number of thioether (sulfide) groups is 1. The third-order valence-electron chi connectivity index (χ3n) is 3.65. The number of carbonyl (C=O) groups excluding carboxylic acids is 1. The number of hydrogen-bond donors (Lipinski definition) is 2. The van der Waals surface area contributed by atoms with Crippen LogP contribution in [0.5, 0.6) is 0 Å². The van der Waals surface area contributed by atoms with Crippen molar-refractivity contribution in [3.05, 3.63) is 35.9 Å². The molecule has 0 heterocycles. The van der Waals surface area contributed by atoms with Gasteiger partial charge in [0.05, 0.1) is 5.60 Å². The van der Waals surface area contributed by atoms with Crippen LogP contribution < -0.4 is 5.32 Å². The van der Waals surface area contributed by atoms with Gasteiger partial charge in [-0.15, -0.1) is 0 Å². The summed E-state index contributed by atoms with van der Waals surface area (Å²) in [4.78, 5) is 11.9. The minimum absolute atomic E-state index is 0.000356. The molecule has 3 nitrogen and oxygen atoms in total. The lowest BCUT2D eigenvalue weighted by Gasteiger charge is -2.26. The van der Waals surface area contributed by atoms with Crippen LogP contribution in [0.15, 0.2) is 30.3 Å². The summed E-state index contributed by atoms with van der Waals surface area (Å²) in [6.07, 6.45) is 3.20. The van der Waals surface area contributed by atoms with E-state index in [2.05, 4.69) is 31.3 Å². The molecule has 1 rings (SSSR count). The van der Waals surface area contributed by atoms with E-state index in [0.29, 0.717) is 18.7 Å². The van der Waals surface area contributed by atoms with Gasteiger partial charge in [-0.3, -0.25) is 4.79 Å². The van der Waals surface area contributed by atoms with E-state index in [1.165, 1.54) is 5.56 Å². The van der Waals surface area contributed by atoms with E-state index >= 15 is 0 Å². The van der Waals surface area contributed by atoms with E-state index in [9.17, 15) is 9.90 Å². The summed E-state index contributed by atoms with van der Waals surface area (Å²) in [5.74, 6) is 0.614. The summed E-state index contributed by atoms with van der Waals surface area (Å²) in [6, 6.07) is 10.2. The Morgan fingerprint density at radius 3 is 2.43 bits per heavy atom. The van der Waals surface area contributed by atoms with Gasteiger partial charge in [-0.2, -0.15) is 11.8 Å². The second-order valence-corrected chi connectivity index (χ2v) is 7.32. The van der Waals surface area contributed by atoms with E-state index in [0.717, 1.165) is 6.42 Å². The van der Waals surface area contributed by atoms with Crippen LogP contribution in [0.2, 0.25) is 0 Å². The largest absolute Gasteiger partial charge is 0.387 e. The number of hydrogen-bond acceptors (Lipinski definition) is 3. The van der Waals surface area contributed by atoms with Gasteiger partial charge in [0, 0.05) is 18.7 Å². The Bertz CT molecular complexity index is 443. The lowest BCUT2D eigenvalue weighted by molar-refractivity contribution is -0.122. The predicted molar refractivity (Wildman–Crippen MR) is 90.7 cm³/mol. The van der Waals surface area contributed by atoms with Gasteiger partial charge in [0.15, 0.2) is 0 Å². The summed E-state index contributed by atoms with van der Waals surface area (Å²) in [5.41, 5.74) is 0.372. The van der Waals surface area contributed by atoms with Gasteiger partial charge in [0.25, 0.3) is 0 Å². The molecule has 0 bridgehead atoms. The Morgan fingerprint density at radius 1 is 1.24 bits per heavy atom. The van der Waals surface area contributed by atoms with Gasteiger partial charge in [-0.1, -0.05) is 44.2 Å². The van der Waals surface area contributed by atoms with Crippen molar-refractivity contribution in [3.63, 3.8) is 0 Å². The highest BCUT2D eigenvalue weighted by molar-refractivity contribution is 7.98. The van der Waals surface area contributed by atoms with Crippen LogP contribution in [0, 0.1) is 0 Å². The van der Waals surface area contributed by atoms with Gasteiger partial charge in [-0.05, 0) is 30.6 Å². The van der Waals surface area contributed by atoms with E-state index in [1.54, 1.807) is 18.7 Å². The van der Waals surface area contributed by atoms with E-state index in [-0.39, 0.29) is 11.3 Å². The third-order valence-corrected chi connectivity index (χ3v) is 4.56. The zero-order valence-corrected chi connectivity index (χ0v) is 14.3. The zero-order chi connectivity index (χ0) is 15.9. The standard InChI is InChI=1S/C17H27NO2S/c1-16(2,14-8-6-5-7-9-14)11-10-15(19)18-12-17(3,20)13-21-4/h5-9,20H,10-13H2,1-4H3,(H,18,19). The van der Waals surface area contributed by atoms with Crippen molar-refractivity contribution in [3.8, 4) is 0 Å². The lowest BCUT2D eigenvalue weighted by atomic mass is 9.80. The minimum Gasteiger partial charge on any atom is -0.387 e. The Labute approximate surface area is 132 Å². The molecule has 4 heteroatoms. The van der Waals surface area contributed by atoms with Crippen LogP contribution in [-0.2, 0) is 10.2 Å². The van der Waals surface area contributed by atoms with Crippen LogP contribution >= 0.6 is 11.8 Å². The summed E-state index contributed by atoms with van der Waals surface area (Å²) in [7, 11) is 0. The Balaban J connectivity index is 2.43. The molecule has 1 aromatic rings. The maximum atomic E-state index is 11.9. The van der Waals surface area contributed by atoms with Crippen molar-refractivity contribution in [1.29, 1.82) is 0 Å². The number of benzene rings is 1. The van der Waals surface area contributed by atoms with Crippen LogP contribution in [0.25, 0.3) is 0 Å². The van der Waals surface area contributed by atoms with E-state index < -0.39 is 5.60 Å². The third kappa shape index (κ3) is 6.53. The number of nitrogens with one attached hydrogen (secondary N) is 1. The first kappa shape index (κ1) is 18.1. The SMILES string of the molecule is CSCC(C)(O)CNC(=O)CCC(C)(C)c1ccccc1. The van der Waals surface area contributed by atoms with Gasteiger partial charge < -0.3 is 10.4 Å². The molecule has 21 heavy (non-hydrogen) atoms. The van der Waals surface area contributed by atoms with Crippen LogP contribution in [-0.4, -0.2) is 35.2 Å². The van der Waals surface area contributed by atoms with Gasteiger partial charge in [-0.25, -0.2) is 0 Å². The zero-order valence-electron chi connectivity index (χ0n) is 13.5. The molecule has 0 saturated carbocycles. The second-order valence-electron chi connectivity index (χ2n) is 6.46.